The lowest BCUT2D eigenvalue weighted by Gasteiger charge is -2.34. The van der Waals surface area contributed by atoms with Gasteiger partial charge in [-0.25, -0.2) is 0 Å². The number of aromatic nitrogens is 1. The average Bonchev–Trinajstić information content (AvgIpc) is 3.12. The van der Waals surface area contributed by atoms with Crippen LogP contribution in [0.1, 0.15) is 34.3 Å². The highest BCUT2D eigenvalue weighted by atomic mass is 16.5. The Labute approximate surface area is 198 Å². The summed E-state index contributed by atoms with van der Waals surface area (Å²) in [5.74, 6) is 0.0148. The summed E-state index contributed by atoms with van der Waals surface area (Å²) in [6.07, 6.45) is 3.73. The first-order valence-corrected chi connectivity index (χ1v) is 12.1. The standard InChI is InChI=1S/C27H29N3O4/c31-25(24-12-17-3-1-2-4-20(17)13-28-24)14-29-10-9-18-11-19(5-8-23(18)27(29)33)26(32)30-21-6-7-22(30)16-34-15-21/h1-5,8-11,21-22,24-25,28,31H,6-7,12-16H2/t21?,22?,24-,25?/m0/s1. The third-order valence-electron chi connectivity index (χ3n) is 7.66. The van der Waals surface area contributed by atoms with E-state index in [0.717, 1.165) is 24.6 Å². The van der Waals surface area contributed by atoms with E-state index in [-0.39, 0.29) is 36.1 Å². The lowest BCUT2D eigenvalue weighted by Crippen LogP contribution is -2.49. The fraction of sp³-hybridized carbons (Fsp3) is 0.407. The molecule has 0 radical (unpaired) electrons. The van der Waals surface area contributed by atoms with Gasteiger partial charge >= 0.3 is 0 Å². The van der Waals surface area contributed by atoms with Gasteiger partial charge in [-0.1, -0.05) is 24.3 Å². The number of rotatable bonds is 4. The van der Waals surface area contributed by atoms with Gasteiger partial charge in [-0.05, 0) is 60.0 Å². The lowest BCUT2D eigenvalue weighted by molar-refractivity contribution is -0.00714. The van der Waals surface area contributed by atoms with Crippen molar-refractivity contribution in [2.75, 3.05) is 13.2 Å². The number of benzene rings is 2. The van der Waals surface area contributed by atoms with Crippen LogP contribution in [0.3, 0.4) is 0 Å². The first-order chi connectivity index (χ1) is 16.6. The zero-order valence-corrected chi connectivity index (χ0v) is 19.0. The van der Waals surface area contributed by atoms with Gasteiger partial charge in [0.25, 0.3) is 11.5 Å². The summed E-state index contributed by atoms with van der Waals surface area (Å²) >= 11 is 0. The van der Waals surface area contributed by atoms with Gasteiger partial charge in [0.2, 0.25) is 0 Å². The number of hydrogen-bond donors (Lipinski definition) is 2. The van der Waals surface area contributed by atoms with Gasteiger partial charge in [-0.2, -0.15) is 0 Å². The van der Waals surface area contributed by atoms with Gasteiger partial charge in [0, 0.05) is 29.7 Å². The molecule has 3 aromatic rings. The zero-order valence-electron chi connectivity index (χ0n) is 19.0. The molecule has 3 aliphatic rings. The van der Waals surface area contributed by atoms with Crippen molar-refractivity contribution in [2.45, 2.75) is 56.6 Å². The molecule has 7 nitrogen and oxygen atoms in total. The minimum atomic E-state index is -0.693. The van der Waals surface area contributed by atoms with Crippen molar-refractivity contribution in [2.24, 2.45) is 0 Å². The van der Waals surface area contributed by atoms with Crippen LogP contribution in [-0.4, -0.2) is 57.9 Å². The second-order valence-electron chi connectivity index (χ2n) is 9.74. The van der Waals surface area contributed by atoms with Gasteiger partial charge in [0.1, 0.15) is 0 Å². The number of morpholine rings is 1. The van der Waals surface area contributed by atoms with Crippen molar-refractivity contribution in [3.63, 3.8) is 0 Å². The number of hydrogen-bond acceptors (Lipinski definition) is 5. The molecular formula is C27H29N3O4. The summed E-state index contributed by atoms with van der Waals surface area (Å²) in [5, 5.41) is 15.6. The molecule has 6 rings (SSSR count). The monoisotopic (exact) mass is 459 g/mol. The van der Waals surface area contributed by atoms with E-state index >= 15 is 0 Å². The van der Waals surface area contributed by atoms with Crippen LogP contribution in [0.2, 0.25) is 0 Å². The summed E-state index contributed by atoms with van der Waals surface area (Å²) in [6, 6.07) is 15.6. The molecular weight excluding hydrogens is 430 g/mol. The number of amides is 1. The first kappa shape index (κ1) is 21.5. The Morgan fingerprint density at radius 2 is 1.85 bits per heavy atom. The third-order valence-corrected chi connectivity index (χ3v) is 7.66. The number of aliphatic hydroxyl groups is 1. The highest BCUT2D eigenvalue weighted by molar-refractivity contribution is 5.99. The van der Waals surface area contributed by atoms with E-state index in [4.69, 9.17) is 4.74 Å². The van der Waals surface area contributed by atoms with Crippen LogP contribution in [0.5, 0.6) is 0 Å². The average molecular weight is 460 g/mol. The van der Waals surface area contributed by atoms with Crippen molar-refractivity contribution in [3.8, 4) is 0 Å². The first-order valence-electron chi connectivity index (χ1n) is 12.1. The minimum absolute atomic E-state index is 0.0148. The molecule has 3 aliphatic heterocycles. The maximum atomic E-state index is 13.2. The maximum absolute atomic E-state index is 13.2. The molecule has 2 bridgehead atoms. The second kappa shape index (κ2) is 8.65. The normalized spacial score (nSPS) is 24.7. The molecule has 2 N–H and O–H groups in total. The molecule has 0 saturated carbocycles. The smallest absolute Gasteiger partial charge is 0.258 e. The molecule has 7 heteroatoms. The highest BCUT2D eigenvalue weighted by Crippen LogP contribution is 2.30. The van der Waals surface area contributed by atoms with Crippen LogP contribution < -0.4 is 10.9 Å². The van der Waals surface area contributed by atoms with Crippen molar-refractivity contribution in [1.82, 2.24) is 14.8 Å². The summed E-state index contributed by atoms with van der Waals surface area (Å²) in [7, 11) is 0. The maximum Gasteiger partial charge on any atom is 0.258 e. The minimum Gasteiger partial charge on any atom is -0.390 e. The SMILES string of the molecule is O=C(c1ccc2c(=O)n(CC(O)[C@@H]3Cc4ccccc4CN3)ccc2c1)N1C2CCC1COC2. The van der Waals surface area contributed by atoms with Crippen LogP contribution in [0.4, 0.5) is 0 Å². The Bertz CT molecular complexity index is 1290. The van der Waals surface area contributed by atoms with Gasteiger partial charge in [0.15, 0.2) is 0 Å². The molecule has 1 amide bonds. The Balaban J connectivity index is 1.21. The quantitative estimate of drug-likeness (QED) is 0.624. The Morgan fingerprint density at radius 1 is 1.09 bits per heavy atom. The molecule has 2 fully saturated rings. The molecule has 3 unspecified atom stereocenters. The van der Waals surface area contributed by atoms with Crippen molar-refractivity contribution >= 4 is 16.7 Å². The van der Waals surface area contributed by atoms with Crippen LogP contribution in [0.15, 0.2) is 59.5 Å². The molecule has 34 heavy (non-hydrogen) atoms. The van der Waals surface area contributed by atoms with Crippen LogP contribution in [0, 0.1) is 0 Å². The fourth-order valence-corrected chi connectivity index (χ4v) is 5.75. The second-order valence-corrected chi connectivity index (χ2v) is 9.74. The number of nitrogens with one attached hydrogen (secondary N) is 1. The Hall–Kier alpha value is -3.00. The molecule has 0 aliphatic carbocycles. The van der Waals surface area contributed by atoms with E-state index in [0.29, 0.717) is 30.7 Å². The van der Waals surface area contributed by atoms with Gasteiger partial charge < -0.3 is 24.6 Å². The topological polar surface area (TPSA) is 83.8 Å². The van der Waals surface area contributed by atoms with Gasteiger partial charge in [-0.15, -0.1) is 0 Å². The predicted molar refractivity (Wildman–Crippen MR) is 129 cm³/mol. The summed E-state index contributed by atoms with van der Waals surface area (Å²) < 4.78 is 7.17. The Morgan fingerprint density at radius 3 is 2.65 bits per heavy atom. The largest absolute Gasteiger partial charge is 0.390 e. The highest BCUT2D eigenvalue weighted by Gasteiger charge is 2.40. The lowest BCUT2D eigenvalue weighted by atomic mass is 9.93. The summed E-state index contributed by atoms with van der Waals surface area (Å²) in [4.78, 5) is 28.3. The van der Waals surface area contributed by atoms with E-state index < -0.39 is 6.10 Å². The van der Waals surface area contributed by atoms with Crippen molar-refractivity contribution < 1.29 is 14.6 Å². The van der Waals surface area contributed by atoms with Gasteiger partial charge in [0.05, 0.1) is 37.9 Å². The van der Waals surface area contributed by atoms with E-state index in [1.807, 2.05) is 29.2 Å². The Kier molecular flexibility index (Phi) is 5.48. The molecule has 176 valence electrons. The summed E-state index contributed by atoms with van der Waals surface area (Å²) in [5.41, 5.74) is 2.94. The van der Waals surface area contributed by atoms with E-state index in [1.54, 1.807) is 22.9 Å². The van der Waals surface area contributed by atoms with E-state index in [1.165, 1.54) is 11.1 Å². The number of ether oxygens (including phenoxy) is 1. The number of aliphatic hydroxyl groups excluding tert-OH is 1. The molecule has 2 saturated heterocycles. The number of fused-ring (bicyclic) bond motifs is 4. The van der Waals surface area contributed by atoms with Gasteiger partial charge in [-0.3, -0.25) is 9.59 Å². The molecule has 0 spiro atoms. The van der Waals surface area contributed by atoms with Crippen LogP contribution in [0.25, 0.3) is 10.8 Å². The number of carbonyl (C=O) groups is 1. The number of pyridine rings is 1. The predicted octanol–water partition coefficient (Wildman–Crippen LogP) is 2.08. The van der Waals surface area contributed by atoms with Crippen molar-refractivity contribution in [3.05, 3.63) is 81.8 Å². The molecule has 1 aromatic heterocycles. The van der Waals surface area contributed by atoms with E-state index in [2.05, 4.69) is 17.4 Å². The van der Waals surface area contributed by atoms with Crippen LogP contribution in [-0.2, 0) is 24.2 Å². The molecule has 2 aromatic carbocycles. The zero-order chi connectivity index (χ0) is 23.2. The number of carbonyl (C=O) groups excluding carboxylic acids is 1. The fourth-order valence-electron chi connectivity index (χ4n) is 5.75. The summed E-state index contributed by atoms with van der Waals surface area (Å²) in [6.45, 7) is 2.13. The third kappa shape index (κ3) is 3.74. The molecule has 4 heterocycles. The molecule has 4 atom stereocenters. The number of nitrogens with zero attached hydrogens (tertiary/aromatic N) is 2. The van der Waals surface area contributed by atoms with Crippen molar-refractivity contribution in [1.29, 1.82) is 0 Å². The van der Waals surface area contributed by atoms with E-state index in [9.17, 15) is 14.7 Å². The van der Waals surface area contributed by atoms with Crippen LogP contribution >= 0.6 is 0 Å².